The van der Waals surface area contributed by atoms with Crippen LogP contribution >= 0.6 is 0 Å². The van der Waals surface area contributed by atoms with Crippen molar-refractivity contribution in [2.24, 2.45) is 0 Å². The number of hydrogen-bond donors (Lipinski definition) is 2. The number of amides is 1. The maximum absolute atomic E-state index is 11.9. The standard InChI is InChI=1S/C13H18N2O6/c1-20-7-8-21-6-2-5-14-13(17)11-9-10(16)3-4-12(11)15(18)19/h3-4,9,16H,2,5-8H2,1H3,(H,14,17). The van der Waals surface area contributed by atoms with E-state index in [1.54, 1.807) is 7.11 Å². The number of nitrogens with one attached hydrogen (secondary N) is 1. The Morgan fingerprint density at radius 3 is 2.81 bits per heavy atom. The molecule has 0 aromatic heterocycles. The van der Waals surface area contributed by atoms with Gasteiger partial charge >= 0.3 is 0 Å². The van der Waals surface area contributed by atoms with E-state index in [1.165, 1.54) is 6.07 Å². The van der Waals surface area contributed by atoms with Crippen LogP contribution < -0.4 is 5.32 Å². The molecule has 1 amide bonds. The molecule has 0 spiro atoms. The molecule has 0 aliphatic rings. The summed E-state index contributed by atoms with van der Waals surface area (Å²) >= 11 is 0. The van der Waals surface area contributed by atoms with Crippen LogP contribution in [0.2, 0.25) is 0 Å². The van der Waals surface area contributed by atoms with Gasteiger partial charge < -0.3 is 19.9 Å². The highest BCUT2D eigenvalue weighted by molar-refractivity contribution is 5.98. The lowest BCUT2D eigenvalue weighted by molar-refractivity contribution is -0.385. The van der Waals surface area contributed by atoms with Gasteiger partial charge in [-0.1, -0.05) is 0 Å². The molecule has 21 heavy (non-hydrogen) atoms. The Balaban J connectivity index is 2.45. The summed E-state index contributed by atoms with van der Waals surface area (Å²) in [6.07, 6.45) is 0.571. The number of aromatic hydroxyl groups is 1. The van der Waals surface area contributed by atoms with Crippen LogP contribution in [0.5, 0.6) is 5.75 Å². The minimum absolute atomic E-state index is 0.166. The van der Waals surface area contributed by atoms with Gasteiger partial charge in [0, 0.05) is 26.3 Å². The Labute approximate surface area is 121 Å². The molecule has 1 aromatic rings. The second-order valence-electron chi connectivity index (χ2n) is 4.17. The average Bonchev–Trinajstić information content (AvgIpc) is 2.45. The van der Waals surface area contributed by atoms with Crippen molar-refractivity contribution in [3.63, 3.8) is 0 Å². The molecule has 0 bridgehead atoms. The number of phenols is 1. The predicted octanol–water partition coefficient (Wildman–Crippen LogP) is 1.08. The molecular formula is C13H18N2O6. The van der Waals surface area contributed by atoms with Gasteiger partial charge in [0.15, 0.2) is 0 Å². The van der Waals surface area contributed by atoms with Crippen LogP contribution in [0, 0.1) is 10.1 Å². The first kappa shape index (κ1) is 16.9. The fourth-order valence-corrected chi connectivity index (χ4v) is 1.58. The van der Waals surface area contributed by atoms with E-state index in [4.69, 9.17) is 9.47 Å². The SMILES string of the molecule is COCCOCCCNC(=O)c1cc(O)ccc1[N+](=O)[O-]. The molecule has 1 rings (SSSR count). The third-order valence-electron chi connectivity index (χ3n) is 2.60. The smallest absolute Gasteiger partial charge is 0.282 e. The first-order chi connectivity index (χ1) is 10.1. The molecule has 0 aliphatic carbocycles. The van der Waals surface area contributed by atoms with Crippen LogP contribution in [-0.4, -0.2) is 49.4 Å². The Kier molecular flexibility index (Phi) is 7.13. The zero-order valence-electron chi connectivity index (χ0n) is 11.7. The van der Waals surface area contributed by atoms with Crippen LogP contribution in [0.1, 0.15) is 16.8 Å². The topological polar surface area (TPSA) is 111 Å². The average molecular weight is 298 g/mol. The number of rotatable bonds is 9. The van der Waals surface area contributed by atoms with Gasteiger partial charge in [-0.3, -0.25) is 14.9 Å². The lowest BCUT2D eigenvalue weighted by Crippen LogP contribution is -2.26. The quantitative estimate of drug-likeness (QED) is 0.401. The Bertz CT molecular complexity index is 492. The summed E-state index contributed by atoms with van der Waals surface area (Å²) in [4.78, 5) is 22.0. The molecule has 0 unspecified atom stereocenters. The van der Waals surface area contributed by atoms with Crippen molar-refractivity contribution in [3.05, 3.63) is 33.9 Å². The molecule has 116 valence electrons. The molecule has 2 N–H and O–H groups in total. The zero-order valence-corrected chi connectivity index (χ0v) is 11.7. The number of carbonyl (C=O) groups is 1. The van der Waals surface area contributed by atoms with Crippen LogP contribution in [-0.2, 0) is 9.47 Å². The molecule has 8 heteroatoms. The molecule has 0 aliphatic heterocycles. The first-order valence-electron chi connectivity index (χ1n) is 6.38. The minimum Gasteiger partial charge on any atom is -0.508 e. The van der Waals surface area contributed by atoms with Crippen molar-refractivity contribution < 1.29 is 24.3 Å². The summed E-state index contributed by atoms with van der Waals surface area (Å²) in [6.45, 7) is 1.74. The lowest BCUT2D eigenvalue weighted by atomic mass is 10.1. The molecule has 0 fully saturated rings. The summed E-state index contributed by atoms with van der Waals surface area (Å²) in [5, 5.41) is 22.7. The number of carbonyl (C=O) groups excluding carboxylic acids is 1. The van der Waals surface area contributed by atoms with Crippen molar-refractivity contribution in [2.45, 2.75) is 6.42 Å². The van der Waals surface area contributed by atoms with Gasteiger partial charge in [-0.05, 0) is 18.6 Å². The van der Waals surface area contributed by atoms with Crippen molar-refractivity contribution in [3.8, 4) is 5.75 Å². The number of ether oxygens (including phenoxy) is 2. The van der Waals surface area contributed by atoms with Crippen LogP contribution in [0.25, 0.3) is 0 Å². The first-order valence-corrected chi connectivity index (χ1v) is 6.38. The van der Waals surface area contributed by atoms with Gasteiger partial charge in [-0.2, -0.15) is 0 Å². The largest absolute Gasteiger partial charge is 0.508 e. The maximum Gasteiger partial charge on any atom is 0.282 e. The predicted molar refractivity (Wildman–Crippen MR) is 74.4 cm³/mol. The molecular weight excluding hydrogens is 280 g/mol. The number of benzene rings is 1. The van der Waals surface area contributed by atoms with Gasteiger partial charge in [0.1, 0.15) is 11.3 Å². The molecule has 0 heterocycles. The van der Waals surface area contributed by atoms with Gasteiger partial charge in [-0.25, -0.2) is 0 Å². The molecule has 0 saturated heterocycles. The van der Waals surface area contributed by atoms with E-state index >= 15 is 0 Å². The monoisotopic (exact) mass is 298 g/mol. The summed E-state index contributed by atoms with van der Waals surface area (Å²) in [6, 6.07) is 3.33. The minimum atomic E-state index is -0.664. The number of nitrogens with zero attached hydrogens (tertiary/aromatic N) is 1. The fourth-order valence-electron chi connectivity index (χ4n) is 1.58. The lowest BCUT2D eigenvalue weighted by Gasteiger charge is -2.07. The maximum atomic E-state index is 11.9. The molecule has 0 atom stereocenters. The number of nitro groups is 1. The normalized spacial score (nSPS) is 10.3. The van der Waals surface area contributed by atoms with Gasteiger partial charge in [-0.15, -0.1) is 0 Å². The van der Waals surface area contributed by atoms with E-state index < -0.39 is 10.8 Å². The van der Waals surface area contributed by atoms with E-state index in [2.05, 4.69) is 5.32 Å². The Morgan fingerprint density at radius 1 is 1.38 bits per heavy atom. The van der Waals surface area contributed by atoms with E-state index in [9.17, 15) is 20.0 Å². The second kappa shape index (κ2) is 8.88. The summed E-state index contributed by atoms with van der Waals surface area (Å²) in [5.41, 5.74) is -0.512. The molecule has 0 radical (unpaired) electrons. The van der Waals surface area contributed by atoms with Gasteiger partial charge in [0.2, 0.25) is 0 Å². The summed E-state index contributed by atoms with van der Waals surface area (Å²) < 4.78 is 10.0. The highest BCUT2D eigenvalue weighted by Gasteiger charge is 2.20. The number of nitro benzene ring substituents is 1. The highest BCUT2D eigenvalue weighted by Crippen LogP contribution is 2.22. The van der Waals surface area contributed by atoms with E-state index in [-0.39, 0.29) is 17.0 Å². The third kappa shape index (κ3) is 5.76. The van der Waals surface area contributed by atoms with Gasteiger partial charge in [0.25, 0.3) is 11.6 Å². The number of methoxy groups -OCH3 is 1. The third-order valence-corrected chi connectivity index (χ3v) is 2.60. The molecule has 8 nitrogen and oxygen atoms in total. The Morgan fingerprint density at radius 2 is 2.14 bits per heavy atom. The summed E-state index contributed by atoms with van der Waals surface area (Å²) in [7, 11) is 1.58. The van der Waals surface area contributed by atoms with E-state index in [0.29, 0.717) is 32.8 Å². The number of phenolic OH excluding ortho intramolecular Hbond substituents is 1. The van der Waals surface area contributed by atoms with Crippen molar-refractivity contribution >= 4 is 11.6 Å². The van der Waals surface area contributed by atoms with Crippen LogP contribution in [0.3, 0.4) is 0 Å². The van der Waals surface area contributed by atoms with E-state index in [1.807, 2.05) is 0 Å². The molecule has 1 aromatic carbocycles. The van der Waals surface area contributed by atoms with Crippen LogP contribution in [0.15, 0.2) is 18.2 Å². The van der Waals surface area contributed by atoms with E-state index in [0.717, 1.165) is 12.1 Å². The van der Waals surface area contributed by atoms with Crippen molar-refractivity contribution in [1.29, 1.82) is 0 Å². The fraction of sp³-hybridized carbons (Fsp3) is 0.462. The second-order valence-corrected chi connectivity index (χ2v) is 4.17. The van der Waals surface area contributed by atoms with Gasteiger partial charge in [0.05, 0.1) is 18.1 Å². The Hall–Kier alpha value is -2.19. The highest BCUT2D eigenvalue weighted by atomic mass is 16.6. The summed E-state index contributed by atoms with van der Waals surface area (Å²) in [5.74, 6) is -0.803. The van der Waals surface area contributed by atoms with Crippen LogP contribution in [0.4, 0.5) is 5.69 Å². The zero-order chi connectivity index (χ0) is 15.7. The van der Waals surface area contributed by atoms with Crippen molar-refractivity contribution in [2.75, 3.05) is 33.5 Å². The molecule has 0 saturated carbocycles. The van der Waals surface area contributed by atoms with Crippen molar-refractivity contribution in [1.82, 2.24) is 5.32 Å². The number of hydrogen-bond acceptors (Lipinski definition) is 6.